The van der Waals surface area contributed by atoms with Gasteiger partial charge in [-0.3, -0.25) is 0 Å². The minimum atomic E-state index is 0.130. The molecule has 0 saturated carbocycles. The third-order valence-electron chi connectivity index (χ3n) is 4.83. The van der Waals surface area contributed by atoms with Crippen molar-refractivity contribution in [2.75, 3.05) is 6.61 Å². The average Bonchev–Trinajstić information content (AvgIpc) is 3.08. The van der Waals surface area contributed by atoms with Gasteiger partial charge in [-0.25, -0.2) is 4.99 Å². The Hall–Kier alpha value is -1.61. The van der Waals surface area contributed by atoms with Crippen LogP contribution in [0.3, 0.4) is 0 Å². The van der Waals surface area contributed by atoms with E-state index in [-0.39, 0.29) is 17.4 Å². The van der Waals surface area contributed by atoms with E-state index >= 15 is 0 Å². The Kier molecular flexibility index (Phi) is 5.63. The summed E-state index contributed by atoms with van der Waals surface area (Å²) in [4.78, 5) is 4.95. The van der Waals surface area contributed by atoms with Crippen molar-refractivity contribution in [2.45, 2.75) is 45.6 Å². The SMILES string of the molecule is CC(C)(C)[C@@H]1COC(C(CCc2ccccc2Br)c2ccccc2)=N1. The zero-order chi connectivity index (χ0) is 17.9. The van der Waals surface area contributed by atoms with Gasteiger partial charge in [0.05, 0.1) is 12.0 Å². The van der Waals surface area contributed by atoms with Gasteiger partial charge in [0.15, 0.2) is 5.90 Å². The molecule has 0 N–H and O–H groups in total. The van der Waals surface area contributed by atoms with Gasteiger partial charge in [-0.15, -0.1) is 0 Å². The minimum absolute atomic E-state index is 0.130. The van der Waals surface area contributed by atoms with Crippen molar-refractivity contribution >= 4 is 21.8 Å². The Labute approximate surface area is 159 Å². The van der Waals surface area contributed by atoms with Crippen LogP contribution in [0.15, 0.2) is 64.1 Å². The van der Waals surface area contributed by atoms with Crippen molar-refractivity contribution in [3.05, 3.63) is 70.2 Å². The third-order valence-corrected chi connectivity index (χ3v) is 5.61. The van der Waals surface area contributed by atoms with E-state index in [0.717, 1.165) is 18.7 Å². The molecule has 0 aromatic heterocycles. The van der Waals surface area contributed by atoms with Gasteiger partial charge in [0.2, 0.25) is 0 Å². The predicted octanol–water partition coefficient (Wildman–Crippen LogP) is 6.01. The standard InChI is InChI=1S/C22H26BrNO/c1-22(2,3)20-15-25-21(24-20)18(16-9-5-4-6-10-16)14-13-17-11-7-8-12-19(17)23/h4-12,18,20H,13-15H2,1-3H3/t18?,20-/m0/s1. The summed E-state index contributed by atoms with van der Waals surface area (Å²) in [6.07, 6.45) is 1.98. The molecule has 1 aliphatic heterocycles. The second-order valence-electron chi connectivity index (χ2n) is 7.75. The molecule has 0 aliphatic carbocycles. The van der Waals surface area contributed by atoms with E-state index in [1.54, 1.807) is 0 Å². The van der Waals surface area contributed by atoms with Gasteiger partial charge in [-0.2, -0.15) is 0 Å². The summed E-state index contributed by atoms with van der Waals surface area (Å²) in [6, 6.07) is 19.3. The van der Waals surface area contributed by atoms with Gasteiger partial charge in [0.25, 0.3) is 0 Å². The number of hydrogen-bond acceptors (Lipinski definition) is 2. The number of aliphatic imine (C=N–C) groups is 1. The van der Waals surface area contributed by atoms with Gasteiger partial charge in [0, 0.05) is 4.47 Å². The fourth-order valence-electron chi connectivity index (χ4n) is 3.15. The van der Waals surface area contributed by atoms with Crippen LogP contribution in [0.5, 0.6) is 0 Å². The fraction of sp³-hybridized carbons (Fsp3) is 0.409. The zero-order valence-corrected chi connectivity index (χ0v) is 16.8. The van der Waals surface area contributed by atoms with Crippen molar-refractivity contribution in [1.82, 2.24) is 0 Å². The molecule has 2 aromatic rings. The van der Waals surface area contributed by atoms with Crippen molar-refractivity contribution in [3.8, 4) is 0 Å². The van der Waals surface area contributed by atoms with Crippen LogP contribution < -0.4 is 0 Å². The number of aryl methyl sites for hydroxylation is 1. The molecule has 2 nitrogen and oxygen atoms in total. The van der Waals surface area contributed by atoms with Crippen molar-refractivity contribution in [1.29, 1.82) is 0 Å². The smallest absolute Gasteiger partial charge is 0.191 e. The van der Waals surface area contributed by atoms with Crippen LogP contribution in [-0.4, -0.2) is 18.5 Å². The maximum Gasteiger partial charge on any atom is 0.191 e. The second kappa shape index (κ2) is 7.74. The van der Waals surface area contributed by atoms with Crippen LogP contribution in [0.25, 0.3) is 0 Å². The molecule has 1 aliphatic rings. The van der Waals surface area contributed by atoms with E-state index in [1.807, 2.05) is 0 Å². The van der Waals surface area contributed by atoms with Gasteiger partial charge in [0.1, 0.15) is 6.61 Å². The highest BCUT2D eigenvalue weighted by atomic mass is 79.9. The first-order valence-electron chi connectivity index (χ1n) is 8.94. The van der Waals surface area contributed by atoms with Crippen molar-refractivity contribution < 1.29 is 4.74 Å². The Morgan fingerprint density at radius 1 is 1.08 bits per heavy atom. The summed E-state index contributed by atoms with van der Waals surface area (Å²) in [5, 5.41) is 0. The molecule has 0 fully saturated rings. The second-order valence-corrected chi connectivity index (χ2v) is 8.61. The molecule has 3 heteroatoms. The lowest BCUT2D eigenvalue weighted by Crippen LogP contribution is -2.25. The number of benzene rings is 2. The van der Waals surface area contributed by atoms with E-state index in [4.69, 9.17) is 9.73 Å². The predicted molar refractivity (Wildman–Crippen MR) is 108 cm³/mol. The lowest BCUT2D eigenvalue weighted by molar-refractivity contribution is 0.231. The summed E-state index contributed by atoms with van der Waals surface area (Å²) >= 11 is 3.66. The van der Waals surface area contributed by atoms with E-state index in [0.29, 0.717) is 6.61 Å². The molecule has 2 atom stereocenters. The maximum absolute atomic E-state index is 6.07. The molecule has 0 saturated heterocycles. The van der Waals surface area contributed by atoms with Crippen LogP contribution in [0, 0.1) is 5.41 Å². The number of halogens is 1. The van der Waals surface area contributed by atoms with Crippen molar-refractivity contribution in [3.63, 3.8) is 0 Å². The molecule has 3 rings (SSSR count). The summed E-state index contributed by atoms with van der Waals surface area (Å²) in [6.45, 7) is 7.38. The highest BCUT2D eigenvalue weighted by molar-refractivity contribution is 9.10. The van der Waals surface area contributed by atoms with Crippen LogP contribution in [-0.2, 0) is 11.2 Å². The molecule has 25 heavy (non-hydrogen) atoms. The van der Waals surface area contributed by atoms with Gasteiger partial charge < -0.3 is 4.74 Å². The minimum Gasteiger partial charge on any atom is -0.478 e. The monoisotopic (exact) mass is 399 g/mol. The summed E-state index contributed by atoms with van der Waals surface area (Å²) in [5.74, 6) is 1.11. The molecular weight excluding hydrogens is 374 g/mol. The molecule has 0 spiro atoms. The van der Waals surface area contributed by atoms with Gasteiger partial charge >= 0.3 is 0 Å². The quantitative estimate of drug-likeness (QED) is 0.602. The number of nitrogens with zero attached hydrogens (tertiary/aromatic N) is 1. The number of rotatable bonds is 5. The first-order chi connectivity index (χ1) is 11.9. The van der Waals surface area contributed by atoms with Gasteiger partial charge in [-0.1, -0.05) is 85.2 Å². The van der Waals surface area contributed by atoms with Gasteiger partial charge in [-0.05, 0) is 35.4 Å². The lowest BCUT2D eigenvalue weighted by atomic mass is 9.88. The highest BCUT2D eigenvalue weighted by Crippen LogP contribution is 2.32. The lowest BCUT2D eigenvalue weighted by Gasteiger charge is -2.22. The zero-order valence-electron chi connectivity index (χ0n) is 15.2. The molecule has 2 aromatic carbocycles. The summed E-state index contributed by atoms with van der Waals surface area (Å²) in [5.41, 5.74) is 2.74. The van der Waals surface area contributed by atoms with Crippen molar-refractivity contribution in [2.24, 2.45) is 10.4 Å². The van der Waals surface area contributed by atoms with Crippen LogP contribution >= 0.6 is 15.9 Å². The molecule has 132 valence electrons. The van der Waals surface area contributed by atoms with E-state index < -0.39 is 0 Å². The van der Waals surface area contributed by atoms with E-state index in [2.05, 4.69) is 91.3 Å². The number of ether oxygens (including phenoxy) is 1. The highest BCUT2D eigenvalue weighted by Gasteiger charge is 2.33. The normalized spacial score (nSPS) is 18.6. The topological polar surface area (TPSA) is 21.6 Å². The Balaban J connectivity index is 1.83. The Morgan fingerprint density at radius 2 is 1.76 bits per heavy atom. The fourth-order valence-corrected chi connectivity index (χ4v) is 3.63. The first-order valence-corrected chi connectivity index (χ1v) is 9.73. The molecule has 1 unspecified atom stereocenters. The third kappa shape index (κ3) is 4.52. The summed E-state index contributed by atoms with van der Waals surface area (Å²) in [7, 11) is 0. The molecule has 0 amide bonds. The molecule has 1 heterocycles. The molecular formula is C22H26BrNO. The maximum atomic E-state index is 6.07. The Bertz CT molecular complexity index is 733. The van der Waals surface area contributed by atoms with Crippen LogP contribution in [0.1, 0.15) is 44.2 Å². The van der Waals surface area contributed by atoms with Crippen LogP contribution in [0.2, 0.25) is 0 Å². The average molecular weight is 400 g/mol. The van der Waals surface area contributed by atoms with E-state index in [9.17, 15) is 0 Å². The Morgan fingerprint density at radius 3 is 2.40 bits per heavy atom. The van der Waals surface area contributed by atoms with Crippen LogP contribution in [0.4, 0.5) is 0 Å². The first kappa shape index (κ1) is 18.2. The largest absolute Gasteiger partial charge is 0.478 e. The molecule has 0 radical (unpaired) electrons. The number of hydrogen-bond donors (Lipinski definition) is 0. The molecule has 0 bridgehead atoms. The van der Waals surface area contributed by atoms with E-state index in [1.165, 1.54) is 15.6 Å². The summed E-state index contributed by atoms with van der Waals surface area (Å²) < 4.78 is 7.24.